The Bertz CT molecular complexity index is 1610. The summed E-state index contributed by atoms with van der Waals surface area (Å²) in [6.45, 7) is 2.04. The van der Waals surface area contributed by atoms with Crippen LogP contribution < -0.4 is 0 Å². The van der Waals surface area contributed by atoms with Gasteiger partial charge in [-0.3, -0.25) is 20.1 Å². The Morgan fingerprint density at radius 3 is 2.56 bits per heavy atom. The minimum atomic E-state index is -0.303. The van der Waals surface area contributed by atoms with Crippen LogP contribution in [0.2, 0.25) is 0 Å². The number of aryl methyl sites for hydroxylation is 1. The third kappa shape index (κ3) is 2.86. The van der Waals surface area contributed by atoms with Gasteiger partial charge in [-0.15, -0.1) is 0 Å². The number of benzene rings is 1. The third-order valence-electron chi connectivity index (χ3n) is 5.69. The molecule has 32 heavy (non-hydrogen) atoms. The Balaban J connectivity index is 1.53. The molecule has 5 heterocycles. The maximum Gasteiger partial charge on any atom is 0.132 e. The Hall–Kier alpha value is -4.39. The lowest BCUT2D eigenvalue weighted by Crippen LogP contribution is -1.88. The van der Waals surface area contributed by atoms with Gasteiger partial charge < -0.3 is 4.98 Å². The predicted octanol–water partition coefficient (Wildman–Crippen LogP) is 5.68. The number of pyridine rings is 3. The van der Waals surface area contributed by atoms with E-state index in [1.807, 2.05) is 43.5 Å². The number of rotatable bonds is 3. The third-order valence-corrected chi connectivity index (χ3v) is 5.69. The van der Waals surface area contributed by atoms with E-state index in [-0.39, 0.29) is 5.82 Å². The molecule has 0 spiro atoms. The fourth-order valence-corrected chi connectivity index (χ4v) is 4.05. The van der Waals surface area contributed by atoms with Gasteiger partial charge in [0.1, 0.15) is 11.5 Å². The number of nitrogens with zero attached hydrogens (tertiary/aromatic N) is 4. The van der Waals surface area contributed by atoms with Gasteiger partial charge in [0.2, 0.25) is 0 Å². The first-order valence-corrected chi connectivity index (χ1v) is 10.2. The van der Waals surface area contributed by atoms with E-state index in [4.69, 9.17) is 0 Å². The highest BCUT2D eigenvalue weighted by Crippen LogP contribution is 2.34. The number of H-pyrrole nitrogens is 2. The van der Waals surface area contributed by atoms with E-state index < -0.39 is 0 Å². The smallest absolute Gasteiger partial charge is 0.132 e. The van der Waals surface area contributed by atoms with Crippen molar-refractivity contribution in [2.45, 2.75) is 6.92 Å². The minimum absolute atomic E-state index is 0.303. The largest absolute Gasteiger partial charge is 0.353 e. The van der Waals surface area contributed by atoms with Crippen molar-refractivity contribution in [3.05, 3.63) is 84.7 Å². The Labute approximate surface area is 182 Å². The molecule has 0 saturated heterocycles. The second-order valence-electron chi connectivity index (χ2n) is 7.66. The van der Waals surface area contributed by atoms with E-state index in [0.717, 1.165) is 50.0 Å². The van der Waals surface area contributed by atoms with E-state index in [1.54, 1.807) is 30.7 Å². The molecule has 0 bridgehead atoms. The van der Waals surface area contributed by atoms with Crippen molar-refractivity contribution >= 4 is 21.8 Å². The molecule has 6 aromatic rings. The Kier molecular flexibility index (Phi) is 4.07. The molecule has 0 atom stereocenters. The molecule has 0 aliphatic carbocycles. The fraction of sp³-hybridized carbons (Fsp3) is 0.0400. The molecule has 7 heteroatoms. The predicted molar refractivity (Wildman–Crippen MR) is 122 cm³/mol. The number of aromatic nitrogens is 6. The summed E-state index contributed by atoms with van der Waals surface area (Å²) >= 11 is 0. The first-order chi connectivity index (χ1) is 15.7. The van der Waals surface area contributed by atoms with E-state index in [9.17, 15) is 4.39 Å². The molecule has 0 aliphatic heterocycles. The summed E-state index contributed by atoms with van der Waals surface area (Å²) in [6, 6.07) is 14.5. The van der Waals surface area contributed by atoms with Crippen LogP contribution in [-0.4, -0.2) is 30.1 Å². The molecule has 0 fully saturated rings. The number of hydrogen-bond acceptors (Lipinski definition) is 4. The summed E-state index contributed by atoms with van der Waals surface area (Å²) in [5.74, 6) is -0.303. The van der Waals surface area contributed by atoms with Crippen LogP contribution in [0.3, 0.4) is 0 Å². The molecule has 6 nitrogen and oxygen atoms in total. The first kappa shape index (κ1) is 18.4. The minimum Gasteiger partial charge on any atom is -0.353 e. The maximum atomic E-state index is 14.5. The zero-order valence-electron chi connectivity index (χ0n) is 17.1. The molecule has 0 saturated carbocycles. The topological polar surface area (TPSA) is 83.1 Å². The highest BCUT2D eigenvalue weighted by molar-refractivity contribution is 6.00. The second-order valence-corrected chi connectivity index (χ2v) is 7.66. The molecule has 1 aromatic carbocycles. The van der Waals surface area contributed by atoms with Crippen LogP contribution >= 0.6 is 0 Å². The average molecular weight is 420 g/mol. The molecule has 0 amide bonds. The van der Waals surface area contributed by atoms with Crippen molar-refractivity contribution < 1.29 is 4.39 Å². The number of aromatic amines is 2. The normalized spacial score (nSPS) is 11.4. The monoisotopic (exact) mass is 420 g/mol. The number of fused-ring (bicyclic) bond motifs is 2. The summed E-state index contributed by atoms with van der Waals surface area (Å²) < 4.78 is 14.5. The summed E-state index contributed by atoms with van der Waals surface area (Å²) in [4.78, 5) is 16.7. The molecule has 6 rings (SSSR count). The molecule has 0 aliphatic rings. The van der Waals surface area contributed by atoms with Crippen LogP contribution in [0.5, 0.6) is 0 Å². The molecular weight excluding hydrogens is 403 g/mol. The zero-order chi connectivity index (χ0) is 21.7. The highest BCUT2D eigenvalue weighted by atomic mass is 19.1. The van der Waals surface area contributed by atoms with E-state index in [2.05, 4.69) is 30.1 Å². The molecule has 2 N–H and O–H groups in total. The van der Waals surface area contributed by atoms with Crippen molar-refractivity contribution in [1.29, 1.82) is 0 Å². The van der Waals surface area contributed by atoms with Gasteiger partial charge in [0.15, 0.2) is 0 Å². The maximum absolute atomic E-state index is 14.5. The second kappa shape index (κ2) is 7.09. The molecule has 0 unspecified atom stereocenters. The average Bonchev–Trinajstić information content (AvgIpc) is 3.43. The lowest BCUT2D eigenvalue weighted by atomic mass is 10.1. The molecule has 154 valence electrons. The van der Waals surface area contributed by atoms with Gasteiger partial charge in [-0.1, -0.05) is 12.1 Å². The van der Waals surface area contributed by atoms with Crippen molar-refractivity contribution in [2.75, 3.05) is 0 Å². The lowest BCUT2D eigenvalue weighted by molar-refractivity contribution is 0.631. The van der Waals surface area contributed by atoms with E-state index in [0.29, 0.717) is 11.3 Å². The standard InChI is InChI=1S/C25H17FN6/c1-14-6-8-27-12-18(14)21-10-17-23(13-29-21)31-32-25(17)22-11-16-20(30-22)7-9-28-24(16)15-4-2-3-5-19(15)26/h2-13,30H,1H3,(H,31,32). The quantitative estimate of drug-likeness (QED) is 0.386. The number of nitrogens with one attached hydrogen (secondary N) is 2. The zero-order valence-corrected chi connectivity index (χ0v) is 17.1. The number of halogens is 1. The van der Waals surface area contributed by atoms with Crippen LogP contribution in [0.25, 0.3) is 55.7 Å². The summed E-state index contributed by atoms with van der Waals surface area (Å²) in [5.41, 5.74) is 7.24. The first-order valence-electron chi connectivity index (χ1n) is 10.2. The van der Waals surface area contributed by atoms with E-state index >= 15 is 0 Å². The van der Waals surface area contributed by atoms with Gasteiger partial charge in [0, 0.05) is 46.0 Å². The fourth-order valence-electron chi connectivity index (χ4n) is 4.05. The Morgan fingerprint density at radius 1 is 0.812 bits per heavy atom. The lowest BCUT2D eigenvalue weighted by Gasteiger charge is -2.04. The van der Waals surface area contributed by atoms with Crippen LogP contribution in [0.1, 0.15) is 5.56 Å². The van der Waals surface area contributed by atoms with E-state index in [1.165, 1.54) is 6.07 Å². The summed E-state index contributed by atoms with van der Waals surface area (Å²) in [5, 5.41) is 9.36. The van der Waals surface area contributed by atoms with Gasteiger partial charge in [-0.2, -0.15) is 5.10 Å². The van der Waals surface area contributed by atoms with Gasteiger partial charge >= 0.3 is 0 Å². The van der Waals surface area contributed by atoms with Crippen LogP contribution in [-0.2, 0) is 0 Å². The highest BCUT2D eigenvalue weighted by Gasteiger charge is 2.16. The Morgan fingerprint density at radius 2 is 1.69 bits per heavy atom. The number of hydrogen-bond donors (Lipinski definition) is 2. The van der Waals surface area contributed by atoms with Crippen molar-refractivity contribution in [2.24, 2.45) is 0 Å². The van der Waals surface area contributed by atoms with Crippen LogP contribution in [0, 0.1) is 12.7 Å². The van der Waals surface area contributed by atoms with Crippen molar-refractivity contribution in [3.8, 4) is 33.9 Å². The van der Waals surface area contributed by atoms with Crippen molar-refractivity contribution in [3.63, 3.8) is 0 Å². The molecule has 0 radical (unpaired) electrons. The molecular formula is C25H17FN6. The van der Waals surface area contributed by atoms with Crippen LogP contribution in [0.15, 0.2) is 73.3 Å². The van der Waals surface area contributed by atoms with Crippen molar-refractivity contribution in [1.82, 2.24) is 30.1 Å². The van der Waals surface area contributed by atoms with Gasteiger partial charge in [0.25, 0.3) is 0 Å². The van der Waals surface area contributed by atoms with Gasteiger partial charge in [-0.05, 0) is 48.9 Å². The summed E-state index contributed by atoms with van der Waals surface area (Å²) in [7, 11) is 0. The van der Waals surface area contributed by atoms with Gasteiger partial charge in [0.05, 0.1) is 28.8 Å². The van der Waals surface area contributed by atoms with Crippen LogP contribution in [0.4, 0.5) is 4.39 Å². The SMILES string of the molecule is Cc1ccncc1-c1cc2c(-c3cc4c(-c5ccccc5F)nccc4[nH]3)n[nH]c2cn1. The molecule has 5 aromatic heterocycles. The van der Waals surface area contributed by atoms with Gasteiger partial charge in [-0.25, -0.2) is 4.39 Å². The summed E-state index contributed by atoms with van der Waals surface area (Å²) in [6.07, 6.45) is 7.05.